The number of carbonyl (C=O) groups excluding carboxylic acids is 1. The zero-order chi connectivity index (χ0) is 15.6. The molecule has 0 unspecified atom stereocenters. The van der Waals surface area contributed by atoms with E-state index in [9.17, 15) is 4.79 Å². The molecule has 4 heterocycles. The molecule has 1 N–H and O–H groups in total. The van der Waals surface area contributed by atoms with Gasteiger partial charge in [0.2, 0.25) is 0 Å². The lowest BCUT2D eigenvalue weighted by Gasteiger charge is -2.27. The van der Waals surface area contributed by atoms with Gasteiger partial charge in [-0.15, -0.1) is 0 Å². The number of rotatable bonds is 3. The molecule has 1 saturated heterocycles. The summed E-state index contributed by atoms with van der Waals surface area (Å²) in [6, 6.07) is 3.68. The Morgan fingerprint density at radius 2 is 2.04 bits per heavy atom. The Labute approximate surface area is 136 Å². The van der Waals surface area contributed by atoms with Gasteiger partial charge in [-0.25, -0.2) is 4.98 Å². The monoisotopic (exact) mass is 313 g/mol. The van der Waals surface area contributed by atoms with Gasteiger partial charge < -0.3 is 14.5 Å². The number of hydrogen-bond donors (Lipinski definition) is 1. The Balaban J connectivity index is 1.44. The zero-order valence-electron chi connectivity index (χ0n) is 13.4. The van der Waals surface area contributed by atoms with Gasteiger partial charge in [-0.1, -0.05) is 6.42 Å². The van der Waals surface area contributed by atoms with Crippen LogP contribution >= 0.6 is 0 Å². The molecule has 0 radical (unpaired) electrons. The molecular formula is C17H23N5O. The molecule has 122 valence electrons. The summed E-state index contributed by atoms with van der Waals surface area (Å²) in [7, 11) is 0. The van der Waals surface area contributed by atoms with E-state index >= 15 is 0 Å². The van der Waals surface area contributed by atoms with E-state index in [0.29, 0.717) is 12.2 Å². The number of carbonyl (C=O) groups is 1. The molecule has 0 bridgehead atoms. The van der Waals surface area contributed by atoms with E-state index in [4.69, 9.17) is 4.98 Å². The van der Waals surface area contributed by atoms with Crippen molar-refractivity contribution in [3.8, 4) is 0 Å². The minimum atomic E-state index is 0.0573. The third-order valence-corrected chi connectivity index (χ3v) is 4.80. The summed E-state index contributed by atoms with van der Waals surface area (Å²) in [5, 5.41) is 0. The van der Waals surface area contributed by atoms with E-state index in [1.54, 1.807) is 6.20 Å². The maximum absolute atomic E-state index is 12.4. The minimum Gasteiger partial charge on any atom is -0.357 e. The molecule has 0 saturated carbocycles. The molecule has 2 aliphatic heterocycles. The smallest absolute Gasteiger partial charge is 0.270 e. The molecule has 0 aromatic carbocycles. The van der Waals surface area contributed by atoms with Crippen LogP contribution in [0.5, 0.6) is 0 Å². The van der Waals surface area contributed by atoms with Crippen LogP contribution in [0.1, 0.15) is 41.3 Å². The Hall–Kier alpha value is -2.08. The first kappa shape index (κ1) is 14.5. The number of nitrogens with one attached hydrogen (secondary N) is 1. The lowest BCUT2D eigenvalue weighted by molar-refractivity contribution is 0.0702. The summed E-state index contributed by atoms with van der Waals surface area (Å²) in [5.41, 5.74) is 1.79. The number of hydrogen-bond acceptors (Lipinski definition) is 3. The van der Waals surface area contributed by atoms with Gasteiger partial charge in [0.1, 0.15) is 11.5 Å². The number of H-pyrrole nitrogens is 1. The highest BCUT2D eigenvalue weighted by atomic mass is 16.2. The lowest BCUT2D eigenvalue weighted by Crippen LogP contribution is -2.38. The van der Waals surface area contributed by atoms with Crippen LogP contribution in [0.3, 0.4) is 0 Å². The van der Waals surface area contributed by atoms with Crippen LogP contribution in [0.15, 0.2) is 24.5 Å². The second-order valence-electron chi connectivity index (χ2n) is 6.49. The molecule has 0 atom stereocenters. The Morgan fingerprint density at radius 3 is 2.83 bits per heavy atom. The molecule has 1 fully saturated rings. The third-order valence-electron chi connectivity index (χ3n) is 4.80. The average molecular weight is 313 g/mol. The minimum absolute atomic E-state index is 0.0573. The molecule has 2 aliphatic rings. The Kier molecular flexibility index (Phi) is 3.91. The second-order valence-corrected chi connectivity index (χ2v) is 6.49. The quantitative estimate of drug-likeness (QED) is 0.941. The fourth-order valence-corrected chi connectivity index (χ4v) is 3.54. The summed E-state index contributed by atoms with van der Waals surface area (Å²) in [4.78, 5) is 24.6. The maximum atomic E-state index is 12.4. The first-order valence-corrected chi connectivity index (χ1v) is 8.49. The number of likely N-dealkylation sites (tertiary alicyclic amines) is 1. The van der Waals surface area contributed by atoms with E-state index in [1.807, 2.05) is 17.0 Å². The van der Waals surface area contributed by atoms with E-state index in [0.717, 1.165) is 31.2 Å². The highest BCUT2D eigenvalue weighted by molar-refractivity contribution is 5.92. The highest BCUT2D eigenvalue weighted by Gasteiger charge is 2.24. The molecule has 2 aromatic heterocycles. The van der Waals surface area contributed by atoms with Crippen molar-refractivity contribution >= 4 is 5.91 Å². The lowest BCUT2D eigenvalue weighted by atomic mass is 10.1. The standard InChI is InChI=1S/C17H23N5O/c23-17(15-5-4-6-18-15)22-10-9-21-12-14(19-16(21)13-22)11-20-7-2-1-3-8-20/h4-6,12,18H,1-3,7-11,13H2. The average Bonchev–Trinajstić information content (AvgIpc) is 3.23. The van der Waals surface area contributed by atoms with Crippen LogP contribution in [0, 0.1) is 0 Å². The second kappa shape index (κ2) is 6.20. The van der Waals surface area contributed by atoms with Gasteiger partial charge in [0.25, 0.3) is 5.91 Å². The summed E-state index contributed by atoms with van der Waals surface area (Å²) in [6.45, 7) is 5.46. The summed E-state index contributed by atoms with van der Waals surface area (Å²) >= 11 is 0. The Bertz CT molecular complexity index is 669. The number of nitrogens with zero attached hydrogens (tertiary/aromatic N) is 4. The van der Waals surface area contributed by atoms with Gasteiger partial charge in [0.15, 0.2) is 0 Å². The molecule has 6 heteroatoms. The largest absolute Gasteiger partial charge is 0.357 e. The molecule has 1 amide bonds. The van der Waals surface area contributed by atoms with E-state index in [2.05, 4.69) is 20.6 Å². The molecule has 0 spiro atoms. The van der Waals surface area contributed by atoms with Crippen LogP contribution in [-0.2, 0) is 19.6 Å². The first-order chi connectivity index (χ1) is 11.3. The molecule has 23 heavy (non-hydrogen) atoms. The van der Waals surface area contributed by atoms with Crippen LogP contribution in [0.4, 0.5) is 0 Å². The summed E-state index contributed by atoms with van der Waals surface area (Å²) < 4.78 is 2.21. The van der Waals surface area contributed by atoms with Gasteiger partial charge >= 0.3 is 0 Å². The van der Waals surface area contributed by atoms with Gasteiger partial charge in [-0.3, -0.25) is 9.69 Å². The summed E-state index contributed by atoms with van der Waals surface area (Å²) in [6.07, 6.45) is 7.90. The van der Waals surface area contributed by atoms with Crippen molar-refractivity contribution in [3.05, 3.63) is 41.7 Å². The highest BCUT2D eigenvalue weighted by Crippen LogP contribution is 2.17. The van der Waals surface area contributed by atoms with Crippen molar-refractivity contribution in [1.29, 1.82) is 0 Å². The number of piperidine rings is 1. The van der Waals surface area contributed by atoms with Crippen molar-refractivity contribution in [2.75, 3.05) is 19.6 Å². The van der Waals surface area contributed by atoms with Gasteiger partial charge in [-0.05, 0) is 38.1 Å². The number of aromatic nitrogens is 3. The maximum Gasteiger partial charge on any atom is 0.270 e. The van der Waals surface area contributed by atoms with Crippen molar-refractivity contribution in [2.45, 2.75) is 38.9 Å². The molecule has 6 nitrogen and oxygen atoms in total. The van der Waals surface area contributed by atoms with Gasteiger partial charge in [0.05, 0.1) is 12.2 Å². The van der Waals surface area contributed by atoms with Crippen LogP contribution in [-0.4, -0.2) is 49.9 Å². The van der Waals surface area contributed by atoms with Crippen molar-refractivity contribution in [3.63, 3.8) is 0 Å². The van der Waals surface area contributed by atoms with Crippen molar-refractivity contribution < 1.29 is 4.79 Å². The zero-order valence-corrected chi connectivity index (χ0v) is 13.4. The molecular weight excluding hydrogens is 290 g/mol. The molecule has 2 aromatic rings. The van der Waals surface area contributed by atoms with E-state index in [1.165, 1.54) is 32.4 Å². The fraction of sp³-hybridized carbons (Fsp3) is 0.529. The van der Waals surface area contributed by atoms with E-state index < -0.39 is 0 Å². The predicted molar refractivity (Wildman–Crippen MR) is 86.9 cm³/mol. The molecule has 0 aliphatic carbocycles. The van der Waals surface area contributed by atoms with Gasteiger partial charge in [0, 0.05) is 32.0 Å². The van der Waals surface area contributed by atoms with Crippen molar-refractivity contribution in [1.82, 2.24) is 24.3 Å². The van der Waals surface area contributed by atoms with E-state index in [-0.39, 0.29) is 5.91 Å². The number of aromatic amines is 1. The van der Waals surface area contributed by atoms with Crippen molar-refractivity contribution in [2.24, 2.45) is 0 Å². The van der Waals surface area contributed by atoms with Crippen LogP contribution in [0.25, 0.3) is 0 Å². The van der Waals surface area contributed by atoms with Gasteiger partial charge in [-0.2, -0.15) is 0 Å². The molecule has 4 rings (SSSR count). The first-order valence-electron chi connectivity index (χ1n) is 8.49. The SMILES string of the molecule is O=C(c1ccc[nH]1)N1CCn2cc(CN3CCCCC3)nc2C1. The van der Waals surface area contributed by atoms with Crippen LogP contribution < -0.4 is 0 Å². The third kappa shape index (κ3) is 3.03. The van der Waals surface area contributed by atoms with Crippen LogP contribution in [0.2, 0.25) is 0 Å². The normalized spacial score (nSPS) is 18.9. The topological polar surface area (TPSA) is 57.2 Å². The summed E-state index contributed by atoms with van der Waals surface area (Å²) in [5.74, 6) is 1.06. The number of amides is 1. The fourth-order valence-electron chi connectivity index (χ4n) is 3.54. The number of fused-ring (bicyclic) bond motifs is 1. The Morgan fingerprint density at radius 1 is 1.17 bits per heavy atom. The number of imidazole rings is 1. The predicted octanol–water partition coefficient (Wildman–Crippen LogP) is 1.85.